The molecule has 94 valence electrons. The van der Waals surface area contributed by atoms with Crippen LogP contribution in [0.2, 0.25) is 0 Å². The number of rotatable bonds is 3. The van der Waals surface area contributed by atoms with E-state index in [1.807, 2.05) is 0 Å². The molecule has 0 aliphatic carbocycles. The topological polar surface area (TPSA) is 29.3 Å². The third-order valence-electron chi connectivity index (χ3n) is 3.91. The highest BCUT2D eigenvalue weighted by Crippen LogP contribution is 2.23. The van der Waals surface area contributed by atoms with E-state index in [9.17, 15) is 0 Å². The lowest BCUT2D eigenvalue weighted by Crippen LogP contribution is -2.43. The van der Waals surface area contributed by atoms with Crippen molar-refractivity contribution in [1.29, 1.82) is 0 Å². The predicted octanol–water partition coefficient (Wildman–Crippen LogP) is 2.55. The maximum absolute atomic E-state index is 5.80. The zero-order valence-electron chi connectivity index (χ0n) is 11.0. The van der Waals surface area contributed by atoms with Crippen molar-refractivity contribution in [3.63, 3.8) is 0 Å². The van der Waals surface area contributed by atoms with Gasteiger partial charge in [-0.05, 0) is 44.7 Å². The molecule has 2 rings (SSSR count). The van der Waals surface area contributed by atoms with E-state index in [2.05, 4.69) is 43.0 Å². The number of nitrogens with zero attached hydrogens (tertiary/aromatic N) is 1. The molecule has 2 unspecified atom stereocenters. The fourth-order valence-electron chi connectivity index (χ4n) is 2.72. The predicted molar refractivity (Wildman–Crippen MR) is 72.8 cm³/mol. The van der Waals surface area contributed by atoms with Gasteiger partial charge in [-0.1, -0.05) is 29.8 Å². The van der Waals surface area contributed by atoms with Crippen molar-refractivity contribution in [3.8, 4) is 0 Å². The summed E-state index contributed by atoms with van der Waals surface area (Å²) in [6.45, 7) is 7.55. The number of hydrogen-bond acceptors (Lipinski definition) is 2. The van der Waals surface area contributed by atoms with E-state index >= 15 is 0 Å². The fraction of sp³-hybridized carbons (Fsp3) is 0.600. The Labute approximate surface area is 105 Å². The first-order valence-electron chi connectivity index (χ1n) is 6.68. The van der Waals surface area contributed by atoms with Crippen molar-refractivity contribution in [2.24, 2.45) is 11.7 Å². The smallest absolute Gasteiger partial charge is 0.0236 e. The van der Waals surface area contributed by atoms with Gasteiger partial charge in [-0.25, -0.2) is 0 Å². The molecule has 1 heterocycles. The summed E-state index contributed by atoms with van der Waals surface area (Å²) in [6, 6.07) is 9.52. The van der Waals surface area contributed by atoms with Crippen LogP contribution < -0.4 is 5.73 Å². The summed E-state index contributed by atoms with van der Waals surface area (Å²) in [6.07, 6.45) is 2.58. The molecule has 0 spiro atoms. The van der Waals surface area contributed by atoms with E-state index in [4.69, 9.17) is 5.73 Å². The minimum absolute atomic E-state index is 0.691. The van der Waals surface area contributed by atoms with Gasteiger partial charge in [0.1, 0.15) is 0 Å². The lowest BCUT2D eigenvalue weighted by atomic mass is 9.93. The average molecular weight is 232 g/mol. The van der Waals surface area contributed by atoms with Crippen molar-refractivity contribution in [3.05, 3.63) is 35.4 Å². The summed E-state index contributed by atoms with van der Waals surface area (Å²) in [5, 5.41) is 0. The summed E-state index contributed by atoms with van der Waals surface area (Å²) >= 11 is 0. The molecule has 1 aliphatic heterocycles. The lowest BCUT2D eigenvalue weighted by Gasteiger charge is -2.37. The van der Waals surface area contributed by atoms with Crippen LogP contribution in [0.5, 0.6) is 0 Å². The van der Waals surface area contributed by atoms with Crippen LogP contribution >= 0.6 is 0 Å². The third kappa shape index (κ3) is 3.30. The van der Waals surface area contributed by atoms with E-state index in [-0.39, 0.29) is 0 Å². The van der Waals surface area contributed by atoms with E-state index in [1.165, 1.54) is 24.0 Å². The van der Waals surface area contributed by atoms with Crippen molar-refractivity contribution in [2.45, 2.75) is 39.3 Å². The van der Waals surface area contributed by atoms with Crippen molar-refractivity contribution in [2.75, 3.05) is 13.1 Å². The van der Waals surface area contributed by atoms with Crippen LogP contribution in [0.4, 0.5) is 0 Å². The summed E-state index contributed by atoms with van der Waals surface area (Å²) in [7, 11) is 0. The Morgan fingerprint density at radius 3 is 2.88 bits per heavy atom. The standard InChI is InChI=1S/C15H24N2/c1-12-4-3-5-14(8-12)10-17-11-15(9-16)7-6-13(17)2/h3-5,8,13,15H,6-7,9-11,16H2,1-2H3. The van der Waals surface area contributed by atoms with Crippen LogP contribution in [-0.4, -0.2) is 24.0 Å². The number of piperidine rings is 1. The molecule has 1 aromatic carbocycles. The molecule has 0 bridgehead atoms. The van der Waals surface area contributed by atoms with E-state index in [0.29, 0.717) is 12.0 Å². The molecule has 0 saturated carbocycles. The Morgan fingerprint density at radius 2 is 2.18 bits per heavy atom. The van der Waals surface area contributed by atoms with Gasteiger partial charge in [-0.3, -0.25) is 4.90 Å². The quantitative estimate of drug-likeness (QED) is 0.868. The first-order chi connectivity index (χ1) is 8.19. The molecule has 0 aromatic heterocycles. The summed E-state index contributed by atoms with van der Waals surface area (Å²) in [5.74, 6) is 0.691. The van der Waals surface area contributed by atoms with Gasteiger partial charge in [0.05, 0.1) is 0 Å². The number of hydrogen-bond donors (Lipinski definition) is 1. The zero-order chi connectivity index (χ0) is 12.3. The number of aryl methyl sites for hydroxylation is 1. The van der Waals surface area contributed by atoms with E-state index < -0.39 is 0 Å². The van der Waals surface area contributed by atoms with Gasteiger partial charge in [0, 0.05) is 19.1 Å². The summed E-state index contributed by atoms with van der Waals surface area (Å²) in [5.41, 5.74) is 8.58. The largest absolute Gasteiger partial charge is 0.330 e. The Kier molecular flexibility index (Phi) is 4.19. The second-order valence-corrected chi connectivity index (χ2v) is 5.45. The molecule has 2 N–H and O–H groups in total. The first-order valence-corrected chi connectivity index (χ1v) is 6.68. The number of benzene rings is 1. The molecule has 1 fully saturated rings. The van der Waals surface area contributed by atoms with Crippen LogP contribution in [0.25, 0.3) is 0 Å². The van der Waals surface area contributed by atoms with Gasteiger partial charge in [0.15, 0.2) is 0 Å². The molecule has 2 nitrogen and oxygen atoms in total. The number of likely N-dealkylation sites (tertiary alicyclic amines) is 1. The highest BCUT2D eigenvalue weighted by Gasteiger charge is 2.24. The van der Waals surface area contributed by atoms with Crippen molar-refractivity contribution in [1.82, 2.24) is 4.90 Å². The maximum Gasteiger partial charge on any atom is 0.0236 e. The second kappa shape index (κ2) is 5.65. The van der Waals surface area contributed by atoms with E-state index in [1.54, 1.807) is 0 Å². The molecular weight excluding hydrogens is 208 g/mol. The van der Waals surface area contributed by atoms with Crippen LogP contribution in [-0.2, 0) is 6.54 Å². The third-order valence-corrected chi connectivity index (χ3v) is 3.91. The summed E-state index contributed by atoms with van der Waals surface area (Å²) < 4.78 is 0. The van der Waals surface area contributed by atoms with Gasteiger partial charge in [0.2, 0.25) is 0 Å². The van der Waals surface area contributed by atoms with Crippen LogP contribution in [0.15, 0.2) is 24.3 Å². The highest BCUT2D eigenvalue weighted by atomic mass is 15.2. The van der Waals surface area contributed by atoms with E-state index in [0.717, 1.165) is 19.6 Å². The van der Waals surface area contributed by atoms with Crippen molar-refractivity contribution >= 4 is 0 Å². The Morgan fingerprint density at radius 1 is 1.35 bits per heavy atom. The molecule has 1 aromatic rings. The van der Waals surface area contributed by atoms with Gasteiger partial charge in [0.25, 0.3) is 0 Å². The summed E-state index contributed by atoms with van der Waals surface area (Å²) in [4.78, 5) is 2.58. The minimum atomic E-state index is 0.691. The van der Waals surface area contributed by atoms with Gasteiger partial charge in [-0.2, -0.15) is 0 Å². The Balaban J connectivity index is 2.01. The first kappa shape index (κ1) is 12.6. The molecular formula is C15H24N2. The zero-order valence-corrected chi connectivity index (χ0v) is 11.0. The molecule has 2 atom stereocenters. The number of nitrogens with two attached hydrogens (primary N) is 1. The normalized spacial score (nSPS) is 26.1. The van der Waals surface area contributed by atoms with Crippen LogP contribution in [0.3, 0.4) is 0 Å². The molecule has 17 heavy (non-hydrogen) atoms. The highest BCUT2D eigenvalue weighted by molar-refractivity contribution is 5.22. The second-order valence-electron chi connectivity index (χ2n) is 5.45. The molecule has 0 amide bonds. The van der Waals surface area contributed by atoms with Gasteiger partial charge >= 0.3 is 0 Å². The molecule has 2 heteroatoms. The SMILES string of the molecule is Cc1cccc(CN2CC(CN)CCC2C)c1. The molecule has 1 saturated heterocycles. The minimum Gasteiger partial charge on any atom is -0.330 e. The Hall–Kier alpha value is -0.860. The molecule has 0 radical (unpaired) electrons. The molecule has 1 aliphatic rings. The maximum atomic E-state index is 5.80. The average Bonchev–Trinajstić information content (AvgIpc) is 2.32. The lowest BCUT2D eigenvalue weighted by molar-refractivity contribution is 0.113. The van der Waals surface area contributed by atoms with Gasteiger partial charge < -0.3 is 5.73 Å². The Bertz CT molecular complexity index is 362. The fourth-order valence-corrected chi connectivity index (χ4v) is 2.72. The van der Waals surface area contributed by atoms with Crippen LogP contribution in [0.1, 0.15) is 30.9 Å². The van der Waals surface area contributed by atoms with Crippen LogP contribution in [0, 0.1) is 12.8 Å². The monoisotopic (exact) mass is 232 g/mol. The van der Waals surface area contributed by atoms with Crippen molar-refractivity contribution < 1.29 is 0 Å². The van der Waals surface area contributed by atoms with Gasteiger partial charge in [-0.15, -0.1) is 0 Å².